The van der Waals surface area contributed by atoms with Crippen LogP contribution < -0.4 is 4.90 Å². The normalized spacial score (nSPS) is 20.7. The fourth-order valence-corrected chi connectivity index (χ4v) is 2.52. The molecule has 0 amide bonds. The first-order chi connectivity index (χ1) is 10.7. The van der Waals surface area contributed by atoms with Crippen LogP contribution in [0.25, 0.3) is 0 Å². The second-order valence-electron chi connectivity index (χ2n) is 5.37. The van der Waals surface area contributed by atoms with Crippen LogP contribution in [-0.2, 0) is 6.42 Å². The molecule has 1 aromatic heterocycles. The SMILES string of the molecule is C=CN(C)/C1=C(\N(C)c2ccc(CC)nc2)C/C=C\C=C/C1. The van der Waals surface area contributed by atoms with Crippen molar-refractivity contribution in [3.8, 4) is 0 Å². The lowest BCUT2D eigenvalue weighted by Crippen LogP contribution is -2.23. The summed E-state index contributed by atoms with van der Waals surface area (Å²) in [6, 6.07) is 4.24. The Bertz CT molecular complexity index is 594. The number of hydrogen-bond donors (Lipinski definition) is 0. The van der Waals surface area contributed by atoms with Crippen LogP contribution in [0.3, 0.4) is 0 Å². The summed E-state index contributed by atoms with van der Waals surface area (Å²) in [5.41, 5.74) is 4.77. The summed E-state index contributed by atoms with van der Waals surface area (Å²) in [4.78, 5) is 8.84. The minimum Gasteiger partial charge on any atom is -0.353 e. The van der Waals surface area contributed by atoms with E-state index in [1.54, 1.807) is 0 Å². The molecular formula is C19H25N3. The van der Waals surface area contributed by atoms with Gasteiger partial charge in [-0.05, 0) is 24.8 Å². The molecule has 1 aromatic rings. The van der Waals surface area contributed by atoms with Crippen LogP contribution in [0, 0.1) is 0 Å². The first-order valence-electron chi connectivity index (χ1n) is 7.75. The summed E-state index contributed by atoms with van der Waals surface area (Å²) in [5.74, 6) is 0. The topological polar surface area (TPSA) is 19.4 Å². The molecule has 22 heavy (non-hydrogen) atoms. The standard InChI is InChI=1S/C19H25N3/c1-5-16-13-14-17(15-20-16)22(4)19-12-10-8-7-9-11-18(19)21(3)6-2/h6-10,13-15H,2,5,11-12H2,1,3-4H3/b9-7-,10-8-,19-18-. The third-order valence-corrected chi connectivity index (χ3v) is 4.00. The fraction of sp³-hybridized carbons (Fsp3) is 0.316. The van der Waals surface area contributed by atoms with Gasteiger partial charge in [-0.2, -0.15) is 0 Å². The molecular weight excluding hydrogens is 270 g/mol. The molecule has 1 aliphatic carbocycles. The molecule has 0 unspecified atom stereocenters. The Morgan fingerprint density at radius 1 is 1.14 bits per heavy atom. The summed E-state index contributed by atoms with van der Waals surface area (Å²) in [5, 5.41) is 0. The van der Waals surface area contributed by atoms with E-state index in [0.29, 0.717) is 0 Å². The predicted molar refractivity (Wildman–Crippen MR) is 94.5 cm³/mol. The molecule has 1 heterocycles. The number of aromatic nitrogens is 1. The van der Waals surface area contributed by atoms with Gasteiger partial charge in [0.05, 0.1) is 11.9 Å². The molecule has 116 valence electrons. The number of hydrogen-bond acceptors (Lipinski definition) is 3. The lowest BCUT2D eigenvalue weighted by molar-refractivity contribution is 0.542. The largest absolute Gasteiger partial charge is 0.353 e. The second kappa shape index (κ2) is 7.64. The second-order valence-corrected chi connectivity index (χ2v) is 5.37. The molecule has 0 fully saturated rings. The van der Waals surface area contributed by atoms with Crippen molar-refractivity contribution in [2.24, 2.45) is 0 Å². The lowest BCUT2D eigenvalue weighted by atomic mass is 10.1. The van der Waals surface area contributed by atoms with Crippen molar-refractivity contribution in [2.75, 3.05) is 19.0 Å². The minimum atomic E-state index is 0.893. The van der Waals surface area contributed by atoms with Crippen molar-refractivity contribution < 1.29 is 0 Å². The number of anilines is 1. The van der Waals surface area contributed by atoms with Crippen LogP contribution in [0.4, 0.5) is 5.69 Å². The van der Waals surface area contributed by atoms with Gasteiger partial charge in [0, 0.05) is 44.0 Å². The summed E-state index contributed by atoms with van der Waals surface area (Å²) in [6.45, 7) is 6.02. The molecule has 0 saturated heterocycles. The molecule has 0 saturated carbocycles. The summed E-state index contributed by atoms with van der Waals surface area (Å²) in [7, 11) is 4.15. The van der Waals surface area contributed by atoms with Crippen LogP contribution in [0.2, 0.25) is 0 Å². The van der Waals surface area contributed by atoms with E-state index in [1.807, 2.05) is 19.4 Å². The average Bonchev–Trinajstić information content (AvgIpc) is 2.54. The van der Waals surface area contributed by atoms with Gasteiger partial charge in [-0.25, -0.2) is 0 Å². The molecule has 0 atom stereocenters. The Morgan fingerprint density at radius 3 is 2.36 bits per heavy atom. The van der Waals surface area contributed by atoms with Gasteiger partial charge in [-0.15, -0.1) is 0 Å². The molecule has 0 aromatic carbocycles. The Kier molecular flexibility index (Phi) is 5.59. The molecule has 3 heteroatoms. The zero-order valence-corrected chi connectivity index (χ0v) is 13.8. The van der Waals surface area contributed by atoms with Gasteiger partial charge in [-0.3, -0.25) is 4.98 Å². The van der Waals surface area contributed by atoms with Crippen LogP contribution in [-0.4, -0.2) is 24.0 Å². The molecule has 1 aliphatic rings. The highest BCUT2D eigenvalue weighted by Crippen LogP contribution is 2.26. The van der Waals surface area contributed by atoms with Gasteiger partial charge in [0.2, 0.25) is 0 Å². The van der Waals surface area contributed by atoms with Gasteiger partial charge in [-0.1, -0.05) is 37.8 Å². The number of nitrogens with zero attached hydrogens (tertiary/aromatic N) is 3. The first-order valence-corrected chi connectivity index (χ1v) is 7.75. The highest BCUT2D eigenvalue weighted by molar-refractivity contribution is 5.51. The zero-order chi connectivity index (χ0) is 15.9. The van der Waals surface area contributed by atoms with Gasteiger partial charge >= 0.3 is 0 Å². The van der Waals surface area contributed by atoms with Crippen molar-refractivity contribution in [3.63, 3.8) is 0 Å². The molecule has 0 bridgehead atoms. The smallest absolute Gasteiger partial charge is 0.0592 e. The van der Waals surface area contributed by atoms with E-state index in [0.717, 1.165) is 30.6 Å². The van der Waals surface area contributed by atoms with Crippen LogP contribution in [0.15, 0.2) is 66.8 Å². The number of allylic oxidation sites excluding steroid dienone is 4. The molecule has 0 aliphatic heterocycles. The van der Waals surface area contributed by atoms with E-state index in [4.69, 9.17) is 0 Å². The Morgan fingerprint density at radius 2 is 1.82 bits per heavy atom. The minimum absolute atomic E-state index is 0.893. The van der Waals surface area contributed by atoms with E-state index < -0.39 is 0 Å². The van der Waals surface area contributed by atoms with E-state index in [1.165, 1.54) is 11.4 Å². The maximum atomic E-state index is 4.52. The van der Waals surface area contributed by atoms with Crippen molar-refractivity contribution in [1.82, 2.24) is 9.88 Å². The average molecular weight is 295 g/mol. The molecule has 0 radical (unpaired) electrons. The zero-order valence-electron chi connectivity index (χ0n) is 13.8. The van der Waals surface area contributed by atoms with Gasteiger partial charge < -0.3 is 9.80 Å². The van der Waals surface area contributed by atoms with Gasteiger partial charge in [0.15, 0.2) is 0 Å². The van der Waals surface area contributed by atoms with Crippen LogP contribution in [0.5, 0.6) is 0 Å². The van der Waals surface area contributed by atoms with Gasteiger partial charge in [0.25, 0.3) is 0 Å². The van der Waals surface area contributed by atoms with Crippen molar-refractivity contribution in [2.45, 2.75) is 26.2 Å². The van der Waals surface area contributed by atoms with Crippen molar-refractivity contribution >= 4 is 5.69 Å². The summed E-state index contributed by atoms with van der Waals surface area (Å²) < 4.78 is 0. The Balaban J connectivity index is 2.39. The molecule has 0 N–H and O–H groups in total. The van der Waals surface area contributed by atoms with Crippen molar-refractivity contribution in [1.29, 1.82) is 0 Å². The Hall–Kier alpha value is -2.29. The quantitative estimate of drug-likeness (QED) is 0.808. The van der Waals surface area contributed by atoms with Crippen LogP contribution >= 0.6 is 0 Å². The van der Waals surface area contributed by atoms with E-state index >= 15 is 0 Å². The lowest BCUT2D eigenvalue weighted by Gasteiger charge is -2.29. The first kappa shape index (κ1) is 16.1. The highest BCUT2D eigenvalue weighted by Gasteiger charge is 2.15. The summed E-state index contributed by atoms with van der Waals surface area (Å²) >= 11 is 0. The Labute approximate surface area is 134 Å². The number of rotatable bonds is 5. The van der Waals surface area contributed by atoms with E-state index in [2.05, 4.69) is 71.8 Å². The number of pyridine rings is 1. The monoisotopic (exact) mass is 295 g/mol. The maximum absolute atomic E-state index is 4.52. The third kappa shape index (κ3) is 3.67. The van der Waals surface area contributed by atoms with Crippen molar-refractivity contribution in [3.05, 3.63) is 72.5 Å². The fourth-order valence-electron chi connectivity index (χ4n) is 2.52. The maximum Gasteiger partial charge on any atom is 0.0592 e. The molecule has 0 spiro atoms. The van der Waals surface area contributed by atoms with E-state index in [-0.39, 0.29) is 0 Å². The number of aryl methyl sites for hydroxylation is 1. The van der Waals surface area contributed by atoms with E-state index in [9.17, 15) is 0 Å². The highest BCUT2D eigenvalue weighted by atomic mass is 15.2. The summed E-state index contributed by atoms with van der Waals surface area (Å²) in [6.07, 6.45) is 15.1. The molecule has 2 rings (SSSR count). The predicted octanol–water partition coefficient (Wildman–Crippen LogP) is 4.27. The third-order valence-electron chi connectivity index (χ3n) is 4.00. The van der Waals surface area contributed by atoms with Gasteiger partial charge in [0.1, 0.15) is 0 Å². The molecule has 3 nitrogen and oxygen atoms in total. The van der Waals surface area contributed by atoms with Crippen LogP contribution in [0.1, 0.15) is 25.5 Å².